The van der Waals surface area contributed by atoms with Crippen molar-refractivity contribution in [3.05, 3.63) is 12.7 Å². The van der Waals surface area contributed by atoms with E-state index in [0.717, 1.165) is 12.5 Å². The van der Waals surface area contributed by atoms with E-state index >= 15 is 0 Å². The zero-order chi connectivity index (χ0) is 7.61. The molecule has 1 aliphatic heterocycles. The molecule has 0 aliphatic carbocycles. The van der Waals surface area contributed by atoms with E-state index in [-0.39, 0.29) is 0 Å². The van der Waals surface area contributed by atoms with Crippen molar-refractivity contribution in [3.8, 4) is 0 Å². The van der Waals surface area contributed by atoms with Crippen LogP contribution in [0.3, 0.4) is 0 Å². The number of hydrogen-bond donors (Lipinski definition) is 1. The van der Waals surface area contributed by atoms with E-state index in [9.17, 15) is 0 Å². The molecule has 0 aromatic rings. The number of rotatable bonds is 1. The Morgan fingerprint density at radius 2 is 2.40 bits per heavy atom. The normalized spacial score (nSPS) is 41.2. The predicted octanol–water partition coefficient (Wildman–Crippen LogP) is 1.81. The van der Waals surface area contributed by atoms with E-state index in [4.69, 9.17) is 0 Å². The van der Waals surface area contributed by atoms with Crippen molar-refractivity contribution < 1.29 is 0 Å². The Hall–Kier alpha value is -0.300. The number of nitrogens with one attached hydrogen (secondary N) is 1. The highest BCUT2D eigenvalue weighted by Gasteiger charge is 2.29. The first-order valence-electron chi connectivity index (χ1n) is 4.03. The van der Waals surface area contributed by atoms with Crippen LogP contribution in [0.15, 0.2) is 12.7 Å². The lowest BCUT2D eigenvalue weighted by Crippen LogP contribution is -2.42. The van der Waals surface area contributed by atoms with Gasteiger partial charge in [0, 0.05) is 12.0 Å². The molecule has 1 aliphatic rings. The highest BCUT2D eigenvalue weighted by Crippen LogP contribution is 2.32. The molecule has 1 N–H and O–H groups in total. The van der Waals surface area contributed by atoms with Gasteiger partial charge in [-0.1, -0.05) is 19.9 Å². The van der Waals surface area contributed by atoms with E-state index in [1.165, 1.54) is 13.0 Å². The second-order valence-electron chi connectivity index (χ2n) is 3.58. The maximum Gasteiger partial charge on any atom is 0.00423 e. The van der Waals surface area contributed by atoms with Crippen LogP contribution in [0.1, 0.15) is 20.3 Å². The van der Waals surface area contributed by atoms with Gasteiger partial charge in [0.25, 0.3) is 0 Å². The van der Waals surface area contributed by atoms with Crippen LogP contribution in [0.4, 0.5) is 0 Å². The van der Waals surface area contributed by atoms with Gasteiger partial charge in [-0.25, -0.2) is 0 Å². The highest BCUT2D eigenvalue weighted by molar-refractivity contribution is 4.98. The molecule has 1 fully saturated rings. The van der Waals surface area contributed by atoms with Crippen LogP contribution < -0.4 is 5.32 Å². The van der Waals surface area contributed by atoms with Gasteiger partial charge in [0.05, 0.1) is 0 Å². The molecule has 1 nitrogen and oxygen atoms in total. The van der Waals surface area contributed by atoms with Gasteiger partial charge in [-0.15, -0.1) is 6.58 Å². The summed E-state index contributed by atoms with van der Waals surface area (Å²) in [5.41, 5.74) is 0.332. The molecule has 0 bridgehead atoms. The predicted molar refractivity (Wildman–Crippen MR) is 45.0 cm³/mol. The molecule has 10 heavy (non-hydrogen) atoms. The smallest absolute Gasteiger partial charge is 0.00423 e. The summed E-state index contributed by atoms with van der Waals surface area (Å²) in [5, 5.41) is 3.39. The molecule has 1 heteroatoms. The van der Waals surface area contributed by atoms with Crippen molar-refractivity contribution in [1.82, 2.24) is 5.32 Å². The molecule has 0 amide bonds. The summed E-state index contributed by atoms with van der Waals surface area (Å²) in [4.78, 5) is 0. The summed E-state index contributed by atoms with van der Waals surface area (Å²) in [6, 6.07) is 0. The third-order valence-corrected chi connectivity index (χ3v) is 2.85. The van der Waals surface area contributed by atoms with E-state index in [1.807, 2.05) is 0 Å². The average molecular weight is 139 g/mol. The molecule has 0 spiro atoms. The zero-order valence-corrected chi connectivity index (χ0v) is 6.98. The Balaban J connectivity index is 2.62. The minimum Gasteiger partial charge on any atom is -0.316 e. The maximum atomic E-state index is 3.87. The molecule has 0 aromatic carbocycles. The highest BCUT2D eigenvalue weighted by atomic mass is 14.9. The van der Waals surface area contributed by atoms with Gasteiger partial charge in [-0.05, 0) is 18.9 Å². The minimum absolute atomic E-state index is 0.332. The summed E-state index contributed by atoms with van der Waals surface area (Å²) in [6.07, 6.45) is 3.37. The SMILES string of the molecule is C=C[C@@]1(C)CNCCC1C. The molecule has 1 heterocycles. The summed E-state index contributed by atoms with van der Waals surface area (Å²) in [6.45, 7) is 10.7. The van der Waals surface area contributed by atoms with Crippen molar-refractivity contribution in [2.24, 2.45) is 11.3 Å². The summed E-state index contributed by atoms with van der Waals surface area (Å²) >= 11 is 0. The van der Waals surface area contributed by atoms with Gasteiger partial charge >= 0.3 is 0 Å². The lowest BCUT2D eigenvalue weighted by Gasteiger charge is -2.37. The lowest BCUT2D eigenvalue weighted by molar-refractivity contribution is 0.208. The Kier molecular flexibility index (Phi) is 2.14. The molecule has 0 saturated carbocycles. The van der Waals surface area contributed by atoms with Crippen LogP contribution >= 0.6 is 0 Å². The molecule has 1 rings (SSSR count). The first-order valence-corrected chi connectivity index (χ1v) is 4.03. The molecule has 0 radical (unpaired) electrons. The Labute approximate surface area is 63.5 Å². The summed E-state index contributed by atoms with van der Waals surface area (Å²) in [7, 11) is 0. The minimum atomic E-state index is 0.332. The van der Waals surface area contributed by atoms with Crippen LogP contribution in [-0.4, -0.2) is 13.1 Å². The van der Waals surface area contributed by atoms with E-state index in [1.54, 1.807) is 0 Å². The van der Waals surface area contributed by atoms with Crippen LogP contribution in [0, 0.1) is 11.3 Å². The summed E-state index contributed by atoms with van der Waals surface area (Å²) < 4.78 is 0. The third-order valence-electron chi connectivity index (χ3n) is 2.85. The average Bonchev–Trinajstić information content (AvgIpc) is 1.96. The monoisotopic (exact) mass is 139 g/mol. The Morgan fingerprint density at radius 1 is 1.70 bits per heavy atom. The Morgan fingerprint density at radius 3 is 2.80 bits per heavy atom. The fraction of sp³-hybridized carbons (Fsp3) is 0.778. The van der Waals surface area contributed by atoms with Crippen molar-refractivity contribution in [2.45, 2.75) is 20.3 Å². The molecule has 2 atom stereocenters. The van der Waals surface area contributed by atoms with Crippen molar-refractivity contribution in [1.29, 1.82) is 0 Å². The first kappa shape index (κ1) is 7.80. The fourth-order valence-electron chi connectivity index (χ4n) is 1.45. The van der Waals surface area contributed by atoms with Gasteiger partial charge in [-0.2, -0.15) is 0 Å². The quantitative estimate of drug-likeness (QED) is 0.546. The largest absolute Gasteiger partial charge is 0.316 e. The van der Waals surface area contributed by atoms with Crippen molar-refractivity contribution in [3.63, 3.8) is 0 Å². The number of hydrogen-bond acceptors (Lipinski definition) is 1. The van der Waals surface area contributed by atoms with Crippen LogP contribution in [0.5, 0.6) is 0 Å². The second kappa shape index (κ2) is 2.75. The topological polar surface area (TPSA) is 12.0 Å². The molecule has 1 saturated heterocycles. The molecular weight excluding hydrogens is 122 g/mol. The standard InChI is InChI=1S/C9H17N/c1-4-9(3)7-10-6-5-8(9)2/h4,8,10H,1,5-7H2,2-3H3/t8?,9-/m0/s1. The Bertz CT molecular complexity index is 131. The van der Waals surface area contributed by atoms with E-state index in [2.05, 4.69) is 31.8 Å². The lowest BCUT2D eigenvalue weighted by atomic mass is 9.74. The molecule has 1 unspecified atom stereocenters. The van der Waals surface area contributed by atoms with Crippen LogP contribution in [0.25, 0.3) is 0 Å². The van der Waals surface area contributed by atoms with Crippen LogP contribution in [-0.2, 0) is 0 Å². The van der Waals surface area contributed by atoms with Gasteiger partial charge in [0.2, 0.25) is 0 Å². The maximum absolute atomic E-state index is 3.87. The van der Waals surface area contributed by atoms with E-state index < -0.39 is 0 Å². The fourth-order valence-corrected chi connectivity index (χ4v) is 1.45. The molecular formula is C9H17N. The molecule has 0 aromatic heterocycles. The first-order chi connectivity index (χ1) is 4.69. The van der Waals surface area contributed by atoms with Crippen molar-refractivity contribution in [2.75, 3.05) is 13.1 Å². The van der Waals surface area contributed by atoms with Gasteiger partial charge in [-0.3, -0.25) is 0 Å². The van der Waals surface area contributed by atoms with Crippen molar-refractivity contribution >= 4 is 0 Å². The van der Waals surface area contributed by atoms with Crippen LogP contribution in [0.2, 0.25) is 0 Å². The van der Waals surface area contributed by atoms with Gasteiger partial charge in [0.1, 0.15) is 0 Å². The van der Waals surface area contributed by atoms with Gasteiger partial charge in [0.15, 0.2) is 0 Å². The zero-order valence-electron chi connectivity index (χ0n) is 6.98. The van der Waals surface area contributed by atoms with Gasteiger partial charge < -0.3 is 5.32 Å². The number of piperidine rings is 1. The third kappa shape index (κ3) is 1.24. The second-order valence-corrected chi connectivity index (χ2v) is 3.58. The van der Waals surface area contributed by atoms with E-state index in [0.29, 0.717) is 5.41 Å². The molecule has 58 valence electrons. The summed E-state index contributed by atoms with van der Waals surface area (Å²) in [5.74, 6) is 0.784.